The van der Waals surface area contributed by atoms with E-state index in [1.54, 1.807) is 18.3 Å². The van der Waals surface area contributed by atoms with Crippen LogP contribution in [0.3, 0.4) is 0 Å². The summed E-state index contributed by atoms with van der Waals surface area (Å²) in [5.74, 6) is 1.17. The number of hydrogen-bond acceptors (Lipinski definition) is 5. The zero-order valence-electron chi connectivity index (χ0n) is 14.5. The summed E-state index contributed by atoms with van der Waals surface area (Å²) in [4.78, 5) is 21.1. The Balaban J connectivity index is 1.60. The summed E-state index contributed by atoms with van der Waals surface area (Å²) in [5.41, 5.74) is 8.54. The molecule has 2 heterocycles. The number of fused-ring (bicyclic) bond motifs is 1. The molecular formula is C20H18N6O. The molecule has 4 aromatic rings. The number of nitrogens with zero attached hydrogens (tertiary/aromatic N) is 3. The van der Waals surface area contributed by atoms with Crippen LogP contribution in [0.25, 0.3) is 5.78 Å². The van der Waals surface area contributed by atoms with Crippen molar-refractivity contribution < 1.29 is 4.79 Å². The lowest BCUT2D eigenvalue weighted by atomic mass is 10.2. The van der Waals surface area contributed by atoms with Gasteiger partial charge in [-0.1, -0.05) is 24.3 Å². The van der Waals surface area contributed by atoms with E-state index in [2.05, 4.69) is 20.6 Å². The minimum absolute atomic E-state index is 0.171. The van der Waals surface area contributed by atoms with E-state index in [9.17, 15) is 4.79 Å². The maximum atomic E-state index is 12.5. The van der Waals surface area contributed by atoms with Crippen LogP contribution in [-0.2, 0) is 6.54 Å². The number of rotatable bonds is 5. The van der Waals surface area contributed by atoms with Gasteiger partial charge in [-0.15, -0.1) is 0 Å². The first-order valence-electron chi connectivity index (χ1n) is 8.49. The summed E-state index contributed by atoms with van der Waals surface area (Å²) in [5, 5.41) is 6.20. The van der Waals surface area contributed by atoms with Crippen LogP contribution in [0.1, 0.15) is 16.1 Å². The van der Waals surface area contributed by atoms with Gasteiger partial charge in [-0.05, 0) is 30.3 Å². The van der Waals surface area contributed by atoms with Gasteiger partial charge in [0.2, 0.25) is 5.78 Å². The number of carbonyl (C=O) groups is 1. The van der Waals surface area contributed by atoms with Crippen LogP contribution >= 0.6 is 0 Å². The highest BCUT2D eigenvalue weighted by Crippen LogP contribution is 2.20. The van der Waals surface area contributed by atoms with Crippen LogP contribution in [0.5, 0.6) is 0 Å². The lowest BCUT2D eigenvalue weighted by Crippen LogP contribution is -2.12. The fourth-order valence-electron chi connectivity index (χ4n) is 2.77. The van der Waals surface area contributed by atoms with Crippen molar-refractivity contribution in [3.63, 3.8) is 0 Å². The SMILES string of the molecule is NCc1cc(Nc2cccc(C(=O)Nc3ccccc3)c2)n2ccnc2n1. The summed E-state index contributed by atoms with van der Waals surface area (Å²) in [6.45, 7) is 0.317. The van der Waals surface area contributed by atoms with Crippen molar-refractivity contribution in [3.05, 3.63) is 84.3 Å². The number of benzene rings is 2. The Morgan fingerprint density at radius 3 is 2.67 bits per heavy atom. The predicted molar refractivity (Wildman–Crippen MR) is 105 cm³/mol. The lowest BCUT2D eigenvalue weighted by Gasteiger charge is -2.12. The van der Waals surface area contributed by atoms with Crippen molar-refractivity contribution in [1.29, 1.82) is 0 Å². The van der Waals surface area contributed by atoms with Crippen LogP contribution in [0.15, 0.2) is 73.1 Å². The van der Waals surface area contributed by atoms with E-state index in [0.29, 0.717) is 17.9 Å². The predicted octanol–water partition coefficient (Wildman–Crippen LogP) is 3.18. The molecule has 0 atom stereocenters. The Morgan fingerprint density at radius 2 is 1.85 bits per heavy atom. The number of amides is 1. The molecule has 2 aromatic heterocycles. The van der Waals surface area contributed by atoms with Gasteiger partial charge in [-0.25, -0.2) is 9.97 Å². The molecule has 0 bridgehead atoms. The van der Waals surface area contributed by atoms with Crippen LogP contribution < -0.4 is 16.4 Å². The Kier molecular flexibility index (Phi) is 4.51. The third-order valence-electron chi connectivity index (χ3n) is 4.07. The third kappa shape index (κ3) is 3.63. The van der Waals surface area contributed by atoms with E-state index in [1.807, 2.05) is 59.1 Å². The molecule has 4 rings (SSSR count). The van der Waals surface area contributed by atoms with Gasteiger partial charge in [-0.3, -0.25) is 9.20 Å². The van der Waals surface area contributed by atoms with Gasteiger partial charge < -0.3 is 16.4 Å². The van der Waals surface area contributed by atoms with E-state index in [0.717, 1.165) is 22.9 Å². The number of anilines is 3. The second-order valence-corrected chi connectivity index (χ2v) is 5.96. The topological polar surface area (TPSA) is 97.3 Å². The second-order valence-electron chi connectivity index (χ2n) is 5.96. The molecular weight excluding hydrogens is 340 g/mol. The molecule has 2 aromatic carbocycles. The third-order valence-corrected chi connectivity index (χ3v) is 4.07. The zero-order chi connectivity index (χ0) is 18.6. The molecule has 0 spiro atoms. The van der Waals surface area contributed by atoms with Crippen molar-refractivity contribution in [2.75, 3.05) is 10.6 Å². The van der Waals surface area contributed by atoms with E-state index >= 15 is 0 Å². The number of hydrogen-bond donors (Lipinski definition) is 3. The van der Waals surface area contributed by atoms with Crippen LogP contribution in [0, 0.1) is 0 Å². The molecule has 0 saturated carbocycles. The van der Waals surface area contributed by atoms with Gasteiger partial charge in [0, 0.05) is 41.9 Å². The Morgan fingerprint density at radius 1 is 1.04 bits per heavy atom. The van der Waals surface area contributed by atoms with E-state index < -0.39 is 0 Å². The van der Waals surface area contributed by atoms with Gasteiger partial charge in [0.15, 0.2) is 0 Å². The average molecular weight is 358 g/mol. The molecule has 27 heavy (non-hydrogen) atoms. The van der Waals surface area contributed by atoms with Gasteiger partial charge >= 0.3 is 0 Å². The maximum Gasteiger partial charge on any atom is 0.255 e. The Bertz CT molecular complexity index is 1090. The highest BCUT2D eigenvalue weighted by Gasteiger charge is 2.09. The normalized spacial score (nSPS) is 10.7. The van der Waals surface area contributed by atoms with Crippen molar-refractivity contribution in [2.45, 2.75) is 6.54 Å². The minimum Gasteiger partial charge on any atom is -0.341 e. The lowest BCUT2D eigenvalue weighted by molar-refractivity contribution is 0.102. The van der Waals surface area contributed by atoms with Crippen molar-refractivity contribution in [3.8, 4) is 0 Å². The van der Waals surface area contributed by atoms with Crippen LogP contribution in [0.4, 0.5) is 17.2 Å². The standard InChI is InChI=1S/C20H18N6O/c21-13-17-12-18(26-10-9-22-20(26)25-17)23-16-8-4-5-14(11-16)19(27)24-15-6-2-1-3-7-15/h1-12,23H,13,21H2,(H,24,27). The molecule has 0 unspecified atom stereocenters. The molecule has 0 radical (unpaired) electrons. The first-order chi connectivity index (χ1) is 13.2. The molecule has 1 amide bonds. The fourth-order valence-corrected chi connectivity index (χ4v) is 2.77. The monoisotopic (exact) mass is 358 g/mol. The van der Waals surface area contributed by atoms with E-state index in [4.69, 9.17) is 5.73 Å². The first kappa shape index (κ1) is 16.7. The zero-order valence-corrected chi connectivity index (χ0v) is 14.5. The summed E-state index contributed by atoms with van der Waals surface area (Å²) >= 11 is 0. The molecule has 0 saturated heterocycles. The first-order valence-corrected chi connectivity index (χ1v) is 8.49. The second kappa shape index (κ2) is 7.27. The Labute approximate surface area is 155 Å². The molecule has 134 valence electrons. The smallest absolute Gasteiger partial charge is 0.255 e. The summed E-state index contributed by atoms with van der Waals surface area (Å²) in [7, 11) is 0. The molecule has 0 aliphatic rings. The quantitative estimate of drug-likeness (QED) is 0.509. The number of imidazole rings is 1. The highest BCUT2D eigenvalue weighted by atomic mass is 16.1. The van der Waals surface area contributed by atoms with Crippen molar-refractivity contribution >= 4 is 28.9 Å². The molecule has 7 heteroatoms. The van der Waals surface area contributed by atoms with Gasteiger partial charge in [-0.2, -0.15) is 0 Å². The molecule has 4 N–H and O–H groups in total. The van der Waals surface area contributed by atoms with Crippen LogP contribution in [0.2, 0.25) is 0 Å². The number of nitrogens with one attached hydrogen (secondary N) is 2. The number of aromatic nitrogens is 3. The van der Waals surface area contributed by atoms with E-state index in [1.165, 1.54) is 0 Å². The average Bonchev–Trinajstić information content (AvgIpc) is 3.18. The number of carbonyl (C=O) groups excluding carboxylic acids is 1. The fraction of sp³-hybridized carbons (Fsp3) is 0.0500. The summed E-state index contributed by atoms with van der Waals surface area (Å²) in [6, 6.07) is 18.5. The molecule has 0 aliphatic carbocycles. The van der Waals surface area contributed by atoms with E-state index in [-0.39, 0.29) is 5.91 Å². The number of nitrogens with two attached hydrogens (primary N) is 1. The van der Waals surface area contributed by atoms with Gasteiger partial charge in [0.25, 0.3) is 5.91 Å². The van der Waals surface area contributed by atoms with Crippen molar-refractivity contribution in [1.82, 2.24) is 14.4 Å². The highest BCUT2D eigenvalue weighted by molar-refractivity contribution is 6.04. The molecule has 7 nitrogen and oxygen atoms in total. The van der Waals surface area contributed by atoms with Gasteiger partial charge in [0.1, 0.15) is 5.82 Å². The largest absolute Gasteiger partial charge is 0.341 e. The van der Waals surface area contributed by atoms with Crippen molar-refractivity contribution in [2.24, 2.45) is 5.73 Å². The Hall–Kier alpha value is -3.71. The molecule has 0 fully saturated rings. The molecule has 0 aliphatic heterocycles. The minimum atomic E-state index is -0.171. The summed E-state index contributed by atoms with van der Waals surface area (Å²) < 4.78 is 1.83. The van der Waals surface area contributed by atoms with Gasteiger partial charge in [0.05, 0.1) is 5.69 Å². The summed E-state index contributed by atoms with van der Waals surface area (Å²) in [6.07, 6.45) is 3.49. The number of para-hydroxylation sites is 1. The maximum absolute atomic E-state index is 12.5. The van der Waals surface area contributed by atoms with Crippen LogP contribution in [-0.4, -0.2) is 20.3 Å².